The minimum absolute atomic E-state index is 1.04. The fourth-order valence-corrected chi connectivity index (χ4v) is 3.79. The van der Waals surface area contributed by atoms with Gasteiger partial charge in [0.15, 0.2) is 0 Å². The third kappa shape index (κ3) is 1.56. The first-order valence-electron chi connectivity index (χ1n) is 4.89. The molecule has 0 aliphatic carbocycles. The predicted molar refractivity (Wildman–Crippen MR) is 68.4 cm³/mol. The Morgan fingerprint density at radius 2 is 2.13 bits per heavy atom. The first kappa shape index (κ1) is 9.31. The standard InChI is InChI=1S/C12H11NS2/c1-9-6-12(14-7-9)13-8-15-11-5-3-2-4-10(11)13/h2-7H,8H2,1H3. The lowest BCUT2D eigenvalue weighted by atomic mass is 10.3. The lowest BCUT2D eigenvalue weighted by Crippen LogP contribution is -2.09. The Morgan fingerprint density at radius 1 is 1.27 bits per heavy atom. The number of hydrogen-bond acceptors (Lipinski definition) is 3. The molecule has 0 saturated heterocycles. The van der Waals surface area contributed by atoms with Gasteiger partial charge in [0.05, 0.1) is 16.6 Å². The van der Waals surface area contributed by atoms with Crippen LogP contribution in [0.4, 0.5) is 10.7 Å². The largest absolute Gasteiger partial charge is 0.322 e. The summed E-state index contributed by atoms with van der Waals surface area (Å²) in [5, 5.41) is 3.56. The van der Waals surface area contributed by atoms with Crippen LogP contribution in [-0.2, 0) is 0 Å². The summed E-state index contributed by atoms with van der Waals surface area (Å²) in [5.41, 5.74) is 2.70. The van der Waals surface area contributed by atoms with E-state index in [9.17, 15) is 0 Å². The van der Waals surface area contributed by atoms with E-state index in [0.29, 0.717) is 0 Å². The van der Waals surface area contributed by atoms with Gasteiger partial charge in [0.2, 0.25) is 0 Å². The lowest BCUT2D eigenvalue weighted by molar-refractivity contribution is 1.20. The Bertz CT molecular complexity index is 490. The average molecular weight is 233 g/mol. The highest BCUT2D eigenvalue weighted by Gasteiger charge is 2.21. The SMILES string of the molecule is Cc1csc(N2CSc3ccccc32)c1. The number of anilines is 2. The molecule has 0 saturated carbocycles. The fourth-order valence-electron chi connectivity index (χ4n) is 1.75. The summed E-state index contributed by atoms with van der Waals surface area (Å²) in [7, 11) is 0. The minimum atomic E-state index is 1.04. The second kappa shape index (κ2) is 3.58. The summed E-state index contributed by atoms with van der Waals surface area (Å²) >= 11 is 3.74. The Hall–Kier alpha value is -0.930. The summed E-state index contributed by atoms with van der Waals surface area (Å²) in [5.74, 6) is 1.04. The van der Waals surface area contributed by atoms with Gasteiger partial charge in [-0.1, -0.05) is 12.1 Å². The number of thiophene rings is 1. The Labute approximate surface area is 97.7 Å². The van der Waals surface area contributed by atoms with Crippen molar-refractivity contribution in [2.45, 2.75) is 11.8 Å². The summed E-state index contributed by atoms with van der Waals surface area (Å²) < 4.78 is 0. The number of rotatable bonds is 1. The van der Waals surface area contributed by atoms with Gasteiger partial charge in [-0.05, 0) is 36.1 Å². The topological polar surface area (TPSA) is 3.24 Å². The number of nitrogens with zero attached hydrogens (tertiary/aromatic N) is 1. The quantitative estimate of drug-likeness (QED) is 0.724. The molecule has 1 aromatic heterocycles. The van der Waals surface area contributed by atoms with Gasteiger partial charge in [-0.25, -0.2) is 0 Å². The van der Waals surface area contributed by atoms with E-state index in [-0.39, 0.29) is 0 Å². The summed E-state index contributed by atoms with van der Waals surface area (Å²) in [6.07, 6.45) is 0. The van der Waals surface area contributed by atoms with E-state index in [1.807, 2.05) is 23.1 Å². The van der Waals surface area contributed by atoms with E-state index in [1.165, 1.54) is 21.1 Å². The summed E-state index contributed by atoms with van der Waals surface area (Å²) in [4.78, 5) is 3.78. The maximum absolute atomic E-state index is 2.39. The van der Waals surface area contributed by atoms with Gasteiger partial charge in [0.25, 0.3) is 0 Å². The average Bonchev–Trinajstić information content (AvgIpc) is 2.83. The summed E-state index contributed by atoms with van der Waals surface area (Å²) in [6.45, 7) is 2.15. The van der Waals surface area contributed by atoms with E-state index in [1.54, 1.807) is 0 Å². The van der Waals surface area contributed by atoms with Crippen molar-refractivity contribution in [3.8, 4) is 0 Å². The molecule has 0 fully saturated rings. The number of hydrogen-bond donors (Lipinski definition) is 0. The van der Waals surface area contributed by atoms with Gasteiger partial charge in [0, 0.05) is 4.90 Å². The molecule has 76 valence electrons. The van der Waals surface area contributed by atoms with Crippen molar-refractivity contribution in [2.24, 2.45) is 0 Å². The minimum Gasteiger partial charge on any atom is -0.322 e. The van der Waals surface area contributed by atoms with Crippen LogP contribution >= 0.6 is 23.1 Å². The number of para-hydroxylation sites is 1. The van der Waals surface area contributed by atoms with Crippen molar-refractivity contribution in [3.63, 3.8) is 0 Å². The third-order valence-corrected chi connectivity index (χ3v) is 4.60. The molecule has 1 aliphatic heterocycles. The van der Waals surface area contributed by atoms with Crippen molar-refractivity contribution in [1.29, 1.82) is 0 Å². The van der Waals surface area contributed by atoms with Crippen molar-refractivity contribution in [3.05, 3.63) is 41.3 Å². The predicted octanol–water partition coefficient (Wildman–Crippen LogP) is 4.26. The second-order valence-electron chi connectivity index (χ2n) is 3.63. The molecule has 0 spiro atoms. The zero-order valence-corrected chi connectivity index (χ0v) is 10.1. The van der Waals surface area contributed by atoms with Crippen LogP contribution in [0.5, 0.6) is 0 Å². The van der Waals surface area contributed by atoms with Gasteiger partial charge in [0.1, 0.15) is 0 Å². The number of benzene rings is 1. The molecule has 0 bridgehead atoms. The molecule has 1 aromatic carbocycles. The zero-order valence-electron chi connectivity index (χ0n) is 8.43. The van der Waals surface area contributed by atoms with E-state index in [4.69, 9.17) is 0 Å². The molecule has 3 heteroatoms. The Morgan fingerprint density at radius 3 is 2.93 bits per heavy atom. The molecule has 3 rings (SSSR count). The van der Waals surface area contributed by atoms with Crippen LogP contribution in [0.3, 0.4) is 0 Å². The van der Waals surface area contributed by atoms with Gasteiger partial charge in [-0.3, -0.25) is 0 Å². The van der Waals surface area contributed by atoms with E-state index < -0.39 is 0 Å². The molecule has 2 heterocycles. The summed E-state index contributed by atoms with van der Waals surface area (Å²) in [6, 6.07) is 10.9. The Balaban J connectivity index is 2.04. The normalized spacial score (nSPS) is 14.3. The molecule has 0 radical (unpaired) electrons. The molecular weight excluding hydrogens is 222 g/mol. The van der Waals surface area contributed by atoms with Crippen molar-refractivity contribution < 1.29 is 0 Å². The van der Waals surface area contributed by atoms with E-state index in [2.05, 4.69) is 47.5 Å². The molecule has 0 N–H and O–H groups in total. The van der Waals surface area contributed by atoms with Crippen molar-refractivity contribution in [1.82, 2.24) is 0 Å². The van der Waals surface area contributed by atoms with Crippen LogP contribution in [-0.4, -0.2) is 5.88 Å². The molecule has 0 amide bonds. The monoisotopic (exact) mass is 233 g/mol. The van der Waals surface area contributed by atoms with Crippen LogP contribution in [0.15, 0.2) is 40.6 Å². The van der Waals surface area contributed by atoms with E-state index in [0.717, 1.165) is 5.88 Å². The molecule has 2 aromatic rings. The molecule has 15 heavy (non-hydrogen) atoms. The van der Waals surface area contributed by atoms with E-state index >= 15 is 0 Å². The highest BCUT2D eigenvalue weighted by Crippen LogP contribution is 2.44. The van der Waals surface area contributed by atoms with Crippen LogP contribution in [0.1, 0.15) is 5.56 Å². The first-order chi connectivity index (χ1) is 7.34. The molecule has 0 atom stereocenters. The third-order valence-electron chi connectivity index (χ3n) is 2.49. The second-order valence-corrected chi connectivity index (χ2v) is 5.51. The Kier molecular flexibility index (Phi) is 2.22. The van der Waals surface area contributed by atoms with Gasteiger partial charge >= 0.3 is 0 Å². The maximum Gasteiger partial charge on any atom is 0.0963 e. The number of fused-ring (bicyclic) bond motifs is 1. The molecule has 1 aliphatic rings. The fraction of sp³-hybridized carbons (Fsp3) is 0.167. The van der Waals surface area contributed by atoms with Crippen LogP contribution in [0, 0.1) is 6.92 Å². The first-order valence-corrected chi connectivity index (χ1v) is 6.75. The number of thioether (sulfide) groups is 1. The van der Waals surface area contributed by atoms with Gasteiger partial charge in [-0.15, -0.1) is 23.1 Å². The van der Waals surface area contributed by atoms with Crippen LogP contribution < -0.4 is 4.90 Å². The van der Waals surface area contributed by atoms with Crippen molar-refractivity contribution in [2.75, 3.05) is 10.8 Å². The smallest absolute Gasteiger partial charge is 0.0963 e. The van der Waals surface area contributed by atoms with Crippen molar-refractivity contribution >= 4 is 33.8 Å². The zero-order chi connectivity index (χ0) is 10.3. The highest BCUT2D eigenvalue weighted by molar-refractivity contribution is 7.99. The molecular formula is C12H11NS2. The lowest BCUT2D eigenvalue weighted by Gasteiger charge is -2.15. The highest BCUT2D eigenvalue weighted by atomic mass is 32.2. The van der Waals surface area contributed by atoms with Gasteiger partial charge in [-0.2, -0.15) is 0 Å². The van der Waals surface area contributed by atoms with Gasteiger partial charge < -0.3 is 4.90 Å². The molecule has 0 unspecified atom stereocenters. The van der Waals surface area contributed by atoms with Crippen LogP contribution in [0.25, 0.3) is 0 Å². The maximum atomic E-state index is 2.39. The number of aryl methyl sites for hydroxylation is 1. The van der Waals surface area contributed by atoms with Crippen LogP contribution in [0.2, 0.25) is 0 Å². The molecule has 1 nitrogen and oxygen atoms in total.